The Labute approximate surface area is 113 Å². The summed E-state index contributed by atoms with van der Waals surface area (Å²) in [5, 5.41) is 4.23. The van der Waals surface area contributed by atoms with Gasteiger partial charge in [-0.3, -0.25) is 0 Å². The molecule has 2 heterocycles. The number of hydrogen-bond donors (Lipinski definition) is 0. The molecule has 3 nitrogen and oxygen atoms in total. The molecule has 1 aliphatic rings. The van der Waals surface area contributed by atoms with Crippen molar-refractivity contribution in [3.05, 3.63) is 53.4 Å². The molecule has 1 atom stereocenters. The second-order valence-electron chi connectivity index (χ2n) is 4.75. The molecule has 104 valence electrons. The summed E-state index contributed by atoms with van der Waals surface area (Å²) in [5.41, 5.74) is 0.380. The first kappa shape index (κ1) is 12.9. The van der Waals surface area contributed by atoms with Crippen molar-refractivity contribution in [2.45, 2.75) is 25.3 Å². The zero-order chi connectivity index (χ0) is 14.3. The molecule has 2 aromatic rings. The molecule has 20 heavy (non-hydrogen) atoms. The second-order valence-corrected chi connectivity index (χ2v) is 4.75. The molecule has 0 fully saturated rings. The number of rotatable bonds is 2. The Kier molecular flexibility index (Phi) is 3.08. The van der Waals surface area contributed by atoms with Gasteiger partial charge in [-0.25, -0.2) is 22.8 Å². The lowest BCUT2D eigenvalue weighted by molar-refractivity contribution is 0.427. The Hall–Kier alpha value is -2.11. The van der Waals surface area contributed by atoms with Gasteiger partial charge in [0, 0.05) is 12.5 Å². The number of fused-ring (bicyclic) bond motifs is 1. The van der Waals surface area contributed by atoms with E-state index in [0.29, 0.717) is 30.2 Å². The van der Waals surface area contributed by atoms with E-state index in [4.69, 9.17) is 0 Å². The lowest BCUT2D eigenvalue weighted by Crippen LogP contribution is -2.18. The highest BCUT2D eigenvalue weighted by Gasteiger charge is 2.27. The van der Waals surface area contributed by atoms with Gasteiger partial charge in [-0.2, -0.15) is 5.10 Å². The Morgan fingerprint density at radius 2 is 1.95 bits per heavy atom. The van der Waals surface area contributed by atoms with Gasteiger partial charge in [-0.1, -0.05) is 6.58 Å². The van der Waals surface area contributed by atoms with Crippen LogP contribution >= 0.6 is 0 Å². The molecular formula is C14H12F3N3. The Morgan fingerprint density at radius 1 is 1.25 bits per heavy atom. The topological polar surface area (TPSA) is 30.7 Å². The lowest BCUT2D eigenvalue weighted by atomic mass is 9.91. The van der Waals surface area contributed by atoms with Crippen molar-refractivity contribution in [2.75, 3.05) is 0 Å². The van der Waals surface area contributed by atoms with Gasteiger partial charge in [-0.15, -0.1) is 0 Å². The zero-order valence-electron chi connectivity index (χ0n) is 10.6. The number of aryl methyl sites for hydroxylation is 1. The molecule has 0 saturated heterocycles. The minimum atomic E-state index is -1.45. The first-order chi connectivity index (χ1) is 9.60. The standard InChI is InChI=1S/C14H12F3N3/c1-2-12-18-14-9(4-3-5-20(14)19-12)8-6-10(15)13(17)11(16)7-8/h2,6-7,9H,1,3-5H2. The van der Waals surface area contributed by atoms with Crippen LogP contribution < -0.4 is 0 Å². The van der Waals surface area contributed by atoms with E-state index in [9.17, 15) is 13.2 Å². The molecule has 1 aliphatic heterocycles. The summed E-state index contributed by atoms with van der Waals surface area (Å²) < 4.78 is 41.5. The van der Waals surface area contributed by atoms with Crippen LogP contribution in [-0.4, -0.2) is 14.8 Å². The maximum absolute atomic E-state index is 13.4. The van der Waals surface area contributed by atoms with Gasteiger partial charge in [0.15, 0.2) is 23.3 Å². The molecule has 0 radical (unpaired) electrons. The third-order valence-electron chi connectivity index (χ3n) is 3.48. The largest absolute Gasteiger partial charge is 0.249 e. The third kappa shape index (κ3) is 2.01. The van der Waals surface area contributed by atoms with E-state index in [-0.39, 0.29) is 5.92 Å². The summed E-state index contributed by atoms with van der Waals surface area (Å²) >= 11 is 0. The molecule has 0 amide bonds. The average molecular weight is 279 g/mol. The average Bonchev–Trinajstić information content (AvgIpc) is 2.87. The van der Waals surface area contributed by atoms with Crippen molar-refractivity contribution < 1.29 is 13.2 Å². The molecule has 0 N–H and O–H groups in total. The van der Waals surface area contributed by atoms with Gasteiger partial charge in [-0.05, 0) is 36.6 Å². The molecule has 1 unspecified atom stereocenters. The van der Waals surface area contributed by atoms with Gasteiger partial charge >= 0.3 is 0 Å². The Bertz CT molecular complexity index is 655. The van der Waals surface area contributed by atoms with Crippen LogP contribution in [0.3, 0.4) is 0 Å². The molecule has 0 saturated carbocycles. The first-order valence-electron chi connectivity index (χ1n) is 6.31. The van der Waals surface area contributed by atoms with Gasteiger partial charge in [0.05, 0.1) is 0 Å². The first-order valence-corrected chi connectivity index (χ1v) is 6.31. The normalized spacial score (nSPS) is 17.9. The summed E-state index contributed by atoms with van der Waals surface area (Å²) in [7, 11) is 0. The van der Waals surface area contributed by atoms with Crippen LogP contribution in [0.5, 0.6) is 0 Å². The highest BCUT2D eigenvalue weighted by atomic mass is 19.2. The van der Waals surface area contributed by atoms with E-state index in [0.717, 1.165) is 18.6 Å². The summed E-state index contributed by atoms with van der Waals surface area (Å²) in [4.78, 5) is 4.30. The minimum absolute atomic E-state index is 0.283. The number of nitrogens with zero attached hydrogens (tertiary/aromatic N) is 3. The van der Waals surface area contributed by atoms with Crippen molar-refractivity contribution >= 4 is 6.08 Å². The van der Waals surface area contributed by atoms with E-state index in [1.807, 2.05) is 0 Å². The van der Waals surface area contributed by atoms with Crippen molar-refractivity contribution in [3.8, 4) is 0 Å². The monoisotopic (exact) mass is 279 g/mol. The minimum Gasteiger partial charge on any atom is -0.249 e. The molecule has 0 bridgehead atoms. The fourth-order valence-corrected chi connectivity index (χ4v) is 2.55. The van der Waals surface area contributed by atoms with E-state index in [1.54, 1.807) is 4.68 Å². The Balaban J connectivity index is 2.08. The van der Waals surface area contributed by atoms with Crippen LogP contribution in [0, 0.1) is 17.5 Å². The second kappa shape index (κ2) is 4.77. The summed E-state index contributed by atoms with van der Waals surface area (Å²) in [6, 6.07) is 2.06. The van der Waals surface area contributed by atoms with Crippen LogP contribution in [0.2, 0.25) is 0 Å². The number of benzene rings is 1. The summed E-state index contributed by atoms with van der Waals surface area (Å²) in [5.74, 6) is -2.97. The van der Waals surface area contributed by atoms with Crippen molar-refractivity contribution in [2.24, 2.45) is 0 Å². The maximum atomic E-state index is 13.4. The Morgan fingerprint density at radius 3 is 2.60 bits per heavy atom. The summed E-state index contributed by atoms with van der Waals surface area (Å²) in [6.07, 6.45) is 3.03. The molecule has 6 heteroatoms. The molecule has 3 rings (SSSR count). The number of aromatic nitrogens is 3. The lowest BCUT2D eigenvalue weighted by Gasteiger charge is -2.22. The van der Waals surface area contributed by atoms with Gasteiger partial charge in [0.2, 0.25) is 0 Å². The molecule has 0 aliphatic carbocycles. The van der Waals surface area contributed by atoms with Crippen molar-refractivity contribution in [1.29, 1.82) is 0 Å². The van der Waals surface area contributed by atoms with Gasteiger partial charge in [0.25, 0.3) is 0 Å². The predicted octanol–water partition coefficient (Wildman–Crippen LogP) is 3.26. The third-order valence-corrected chi connectivity index (χ3v) is 3.48. The number of hydrogen-bond acceptors (Lipinski definition) is 2. The summed E-state index contributed by atoms with van der Waals surface area (Å²) in [6.45, 7) is 4.31. The van der Waals surface area contributed by atoms with Crippen molar-refractivity contribution in [3.63, 3.8) is 0 Å². The highest BCUT2D eigenvalue weighted by molar-refractivity contribution is 5.37. The van der Waals surface area contributed by atoms with E-state index in [1.165, 1.54) is 6.08 Å². The number of halogens is 3. The predicted molar refractivity (Wildman–Crippen MR) is 67.5 cm³/mol. The smallest absolute Gasteiger partial charge is 0.194 e. The highest BCUT2D eigenvalue weighted by Crippen LogP contribution is 2.33. The quantitative estimate of drug-likeness (QED) is 0.790. The zero-order valence-corrected chi connectivity index (χ0v) is 10.6. The molecule has 0 spiro atoms. The van der Waals surface area contributed by atoms with Crippen LogP contribution in [0.15, 0.2) is 18.7 Å². The van der Waals surface area contributed by atoms with Crippen LogP contribution in [-0.2, 0) is 6.54 Å². The van der Waals surface area contributed by atoms with Gasteiger partial charge < -0.3 is 0 Å². The molecule has 1 aromatic carbocycles. The van der Waals surface area contributed by atoms with Crippen LogP contribution in [0.4, 0.5) is 13.2 Å². The van der Waals surface area contributed by atoms with Crippen molar-refractivity contribution in [1.82, 2.24) is 14.8 Å². The van der Waals surface area contributed by atoms with Crippen LogP contribution in [0.1, 0.15) is 36.0 Å². The van der Waals surface area contributed by atoms with E-state index >= 15 is 0 Å². The van der Waals surface area contributed by atoms with E-state index in [2.05, 4.69) is 16.7 Å². The molecular weight excluding hydrogens is 267 g/mol. The fourth-order valence-electron chi connectivity index (χ4n) is 2.55. The maximum Gasteiger partial charge on any atom is 0.194 e. The van der Waals surface area contributed by atoms with Crippen LogP contribution in [0.25, 0.3) is 6.08 Å². The molecule has 1 aromatic heterocycles. The SMILES string of the molecule is C=Cc1nc2n(n1)CCCC2c1cc(F)c(F)c(F)c1. The van der Waals surface area contributed by atoms with E-state index < -0.39 is 17.5 Å². The van der Waals surface area contributed by atoms with Gasteiger partial charge in [0.1, 0.15) is 5.82 Å². The fraction of sp³-hybridized carbons (Fsp3) is 0.286.